The van der Waals surface area contributed by atoms with Crippen molar-refractivity contribution in [3.63, 3.8) is 0 Å². The topological polar surface area (TPSA) is 96.3 Å². The number of carbonyl (C=O) groups excluding carboxylic acids is 1. The molecule has 0 atom stereocenters. The van der Waals surface area contributed by atoms with Gasteiger partial charge in [0.25, 0.3) is 0 Å². The van der Waals surface area contributed by atoms with Crippen LogP contribution in [0.25, 0.3) is 0 Å². The largest absolute Gasteiger partial charge is 0.444 e. The molecule has 2 aromatic carbocycles. The second-order valence-corrected chi connectivity index (χ2v) is 9.14. The van der Waals surface area contributed by atoms with E-state index in [1.807, 2.05) is 0 Å². The monoisotopic (exact) mass is 440 g/mol. The Balaban J connectivity index is 2.64. The van der Waals surface area contributed by atoms with Gasteiger partial charge in [-0.2, -0.15) is 18.4 Å². The molecular formula is C20H19F3N2O4S. The van der Waals surface area contributed by atoms with Crippen LogP contribution >= 0.6 is 0 Å². The summed E-state index contributed by atoms with van der Waals surface area (Å²) in [4.78, 5) is 10.3. The number of sulfone groups is 1. The molecule has 0 fully saturated rings. The lowest BCUT2D eigenvalue weighted by atomic mass is 10.0. The van der Waals surface area contributed by atoms with Crippen LogP contribution in [0.2, 0.25) is 0 Å². The summed E-state index contributed by atoms with van der Waals surface area (Å²) in [7, 11) is -4.67. The Kier molecular flexibility index (Phi) is 6.47. The Morgan fingerprint density at radius 1 is 1.10 bits per heavy atom. The van der Waals surface area contributed by atoms with Crippen molar-refractivity contribution in [3.05, 3.63) is 59.2 Å². The third-order valence-electron chi connectivity index (χ3n) is 3.79. The lowest BCUT2D eigenvalue weighted by Gasteiger charge is -2.21. The Morgan fingerprint density at radius 2 is 1.70 bits per heavy atom. The van der Waals surface area contributed by atoms with Crippen molar-refractivity contribution >= 4 is 15.9 Å². The van der Waals surface area contributed by atoms with Crippen molar-refractivity contribution in [1.29, 1.82) is 5.26 Å². The summed E-state index contributed by atoms with van der Waals surface area (Å²) in [6, 6.07) is 9.97. The van der Waals surface area contributed by atoms with Gasteiger partial charge in [0.05, 0.1) is 16.0 Å². The molecule has 0 saturated heterocycles. The number of nitriles is 1. The predicted molar refractivity (Wildman–Crippen MR) is 101 cm³/mol. The molecule has 0 heterocycles. The highest BCUT2D eigenvalue weighted by atomic mass is 32.2. The molecule has 2 rings (SSSR count). The van der Waals surface area contributed by atoms with Crippen LogP contribution in [0.1, 0.15) is 37.5 Å². The summed E-state index contributed by atoms with van der Waals surface area (Å²) in [5.74, 6) is 0. The maximum absolute atomic E-state index is 13.9. The number of nitrogens with one attached hydrogen (secondary N) is 1. The van der Waals surface area contributed by atoms with E-state index in [4.69, 9.17) is 4.74 Å². The summed E-state index contributed by atoms with van der Waals surface area (Å²) in [5, 5.41) is 11.5. The Bertz CT molecular complexity index is 1080. The van der Waals surface area contributed by atoms with Crippen molar-refractivity contribution in [2.75, 3.05) is 0 Å². The smallest absolute Gasteiger partial charge is 0.418 e. The van der Waals surface area contributed by atoms with Crippen molar-refractivity contribution in [1.82, 2.24) is 5.32 Å². The molecule has 0 aliphatic rings. The molecule has 2 aromatic rings. The van der Waals surface area contributed by atoms with Gasteiger partial charge >= 0.3 is 12.3 Å². The average molecular weight is 440 g/mol. The molecule has 0 aliphatic carbocycles. The molecule has 0 radical (unpaired) electrons. The van der Waals surface area contributed by atoms with E-state index in [-0.39, 0.29) is 4.90 Å². The number of nitrogens with zero attached hydrogens (tertiary/aromatic N) is 1. The van der Waals surface area contributed by atoms with Crippen LogP contribution in [0, 0.1) is 11.3 Å². The fourth-order valence-corrected chi connectivity index (χ4v) is 4.32. The minimum absolute atomic E-state index is 0.385. The minimum Gasteiger partial charge on any atom is -0.444 e. The van der Waals surface area contributed by atoms with Crippen LogP contribution in [0.15, 0.2) is 52.3 Å². The van der Waals surface area contributed by atoms with Crippen LogP contribution in [0.4, 0.5) is 18.0 Å². The van der Waals surface area contributed by atoms with Gasteiger partial charge in [-0.1, -0.05) is 24.3 Å². The van der Waals surface area contributed by atoms with Crippen molar-refractivity contribution < 1.29 is 31.1 Å². The SMILES string of the molecule is CC(C)(C)OC(=O)NCc1ccc(C#N)c(S(=O)(=O)c2ccccc2)c1C(F)(F)F. The van der Waals surface area contributed by atoms with E-state index in [9.17, 15) is 31.6 Å². The molecule has 0 aromatic heterocycles. The number of hydrogen-bond acceptors (Lipinski definition) is 5. The van der Waals surface area contributed by atoms with E-state index in [1.54, 1.807) is 20.8 Å². The van der Waals surface area contributed by atoms with Gasteiger partial charge in [-0.05, 0) is 44.5 Å². The summed E-state index contributed by atoms with van der Waals surface area (Å²) in [6.07, 6.45) is -6.07. The van der Waals surface area contributed by atoms with Crippen LogP contribution in [0.5, 0.6) is 0 Å². The van der Waals surface area contributed by atoms with Gasteiger partial charge in [0.2, 0.25) is 9.84 Å². The number of alkyl carbamates (subject to hydrolysis) is 1. The van der Waals surface area contributed by atoms with E-state index in [2.05, 4.69) is 5.32 Å². The summed E-state index contributed by atoms with van der Waals surface area (Å²) >= 11 is 0. The summed E-state index contributed by atoms with van der Waals surface area (Å²) in [5.41, 5.74) is -3.53. The first-order chi connectivity index (χ1) is 13.8. The van der Waals surface area contributed by atoms with Crippen LogP contribution in [-0.4, -0.2) is 20.1 Å². The number of halogens is 3. The van der Waals surface area contributed by atoms with Gasteiger partial charge in [0.1, 0.15) is 16.6 Å². The Labute approximate surface area is 172 Å². The van der Waals surface area contributed by atoms with Crippen molar-refractivity contribution in [2.24, 2.45) is 0 Å². The lowest BCUT2D eigenvalue weighted by Crippen LogP contribution is -2.33. The van der Waals surface area contributed by atoms with E-state index >= 15 is 0 Å². The molecule has 10 heteroatoms. The predicted octanol–water partition coefficient (Wildman–Crippen LogP) is 4.43. The van der Waals surface area contributed by atoms with Crippen LogP contribution in [0.3, 0.4) is 0 Å². The molecule has 0 saturated carbocycles. The maximum Gasteiger partial charge on any atom is 0.418 e. The highest BCUT2D eigenvalue weighted by Crippen LogP contribution is 2.40. The van der Waals surface area contributed by atoms with Gasteiger partial charge < -0.3 is 10.1 Å². The second kappa shape index (κ2) is 8.36. The first-order valence-electron chi connectivity index (χ1n) is 8.67. The highest BCUT2D eigenvalue weighted by Gasteiger charge is 2.42. The average Bonchev–Trinajstić information content (AvgIpc) is 2.64. The van der Waals surface area contributed by atoms with Crippen molar-refractivity contribution in [2.45, 2.75) is 48.9 Å². The molecule has 0 bridgehead atoms. The molecule has 6 nitrogen and oxygen atoms in total. The minimum atomic E-state index is -5.10. The molecular weight excluding hydrogens is 421 g/mol. The standard InChI is InChI=1S/C20H19F3N2O4S/c1-19(2,3)29-18(26)25-12-14-10-9-13(11-24)17(16(14)20(21,22)23)30(27,28)15-7-5-4-6-8-15/h4-10H,12H2,1-3H3,(H,25,26). The van der Waals surface area contributed by atoms with Gasteiger partial charge in [0.15, 0.2) is 0 Å². The number of benzene rings is 2. The number of carbonyl (C=O) groups is 1. The van der Waals surface area contributed by atoms with Gasteiger partial charge in [-0.25, -0.2) is 13.2 Å². The van der Waals surface area contributed by atoms with Gasteiger partial charge in [-0.15, -0.1) is 0 Å². The third kappa shape index (κ3) is 5.30. The number of rotatable bonds is 4. The van der Waals surface area contributed by atoms with Gasteiger partial charge in [-0.3, -0.25) is 0 Å². The van der Waals surface area contributed by atoms with E-state index < -0.39 is 55.8 Å². The molecule has 0 spiro atoms. The zero-order valence-electron chi connectivity index (χ0n) is 16.4. The number of alkyl halides is 3. The zero-order valence-corrected chi connectivity index (χ0v) is 17.2. The first-order valence-corrected chi connectivity index (χ1v) is 10.2. The number of amides is 1. The van der Waals surface area contributed by atoms with E-state index in [1.165, 1.54) is 24.3 Å². The second-order valence-electron chi connectivity index (χ2n) is 7.26. The Hall–Kier alpha value is -3.06. The molecule has 160 valence electrons. The molecule has 30 heavy (non-hydrogen) atoms. The molecule has 1 N–H and O–H groups in total. The molecule has 0 aliphatic heterocycles. The summed E-state index contributed by atoms with van der Waals surface area (Å²) in [6.45, 7) is 4.10. The Morgan fingerprint density at radius 3 is 2.20 bits per heavy atom. The zero-order chi connectivity index (χ0) is 22.7. The fraction of sp³-hybridized carbons (Fsp3) is 0.300. The number of hydrogen-bond donors (Lipinski definition) is 1. The molecule has 0 unspecified atom stereocenters. The van der Waals surface area contributed by atoms with E-state index in [0.29, 0.717) is 0 Å². The number of ether oxygens (including phenoxy) is 1. The maximum atomic E-state index is 13.9. The lowest BCUT2D eigenvalue weighted by molar-refractivity contribution is -0.140. The highest BCUT2D eigenvalue weighted by molar-refractivity contribution is 7.91. The van der Waals surface area contributed by atoms with Crippen LogP contribution < -0.4 is 5.32 Å². The third-order valence-corrected chi connectivity index (χ3v) is 5.65. The van der Waals surface area contributed by atoms with Crippen molar-refractivity contribution in [3.8, 4) is 6.07 Å². The fourth-order valence-electron chi connectivity index (χ4n) is 2.65. The quantitative estimate of drug-likeness (QED) is 0.759. The molecule has 1 amide bonds. The summed E-state index contributed by atoms with van der Waals surface area (Å²) < 4.78 is 72.8. The normalized spacial score (nSPS) is 12.2. The first kappa shape index (κ1) is 23.2. The van der Waals surface area contributed by atoms with Crippen LogP contribution in [-0.2, 0) is 27.3 Å². The van der Waals surface area contributed by atoms with E-state index in [0.717, 1.165) is 24.3 Å². The van der Waals surface area contributed by atoms with Gasteiger partial charge in [0, 0.05) is 6.54 Å².